The van der Waals surface area contributed by atoms with E-state index in [-0.39, 0.29) is 18.0 Å². The SMILES string of the molecule is COC(=O)C(CNC(=O)OCc1ccccc1)NS(=O)(=O)c1c(C)cc(C)cc1C. The number of carbonyl (C=O) groups excluding carboxylic acids is 2. The van der Waals surface area contributed by atoms with Crippen LogP contribution in [0.3, 0.4) is 0 Å². The van der Waals surface area contributed by atoms with Crippen molar-refractivity contribution in [3.8, 4) is 0 Å². The molecule has 2 aromatic carbocycles. The van der Waals surface area contributed by atoms with E-state index < -0.39 is 28.1 Å². The van der Waals surface area contributed by atoms with E-state index in [0.717, 1.165) is 18.2 Å². The first kappa shape index (κ1) is 23.4. The number of rotatable bonds is 8. The summed E-state index contributed by atoms with van der Waals surface area (Å²) in [5, 5.41) is 2.39. The molecule has 2 rings (SSSR count). The van der Waals surface area contributed by atoms with Gasteiger partial charge in [-0.05, 0) is 37.5 Å². The lowest BCUT2D eigenvalue weighted by Crippen LogP contribution is -2.49. The zero-order chi connectivity index (χ0) is 22.3. The molecule has 0 bridgehead atoms. The Morgan fingerprint density at radius 3 is 2.20 bits per heavy atom. The van der Waals surface area contributed by atoms with Crippen LogP contribution in [0.25, 0.3) is 0 Å². The summed E-state index contributed by atoms with van der Waals surface area (Å²) in [6, 6.07) is 11.2. The molecule has 2 N–H and O–H groups in total. The lowest BCUT2D eigenvalue weighted by atomic mass is 10.1. The van der Waals surface area contributed by atoms with Crippen LogP contribution >= 0.6 is 0 Å². The molecule has 0 saturated heterocycles. The quantitative estimate of drug-likeness (QED) is 0.617. The summed E-state index contributed by atoms with van der Waals surface area (Å²) in [6.07, 6.45) is -0.783. The summed E-state index contributed by atoms with van der Waals surface area (Å²) >= 11 is 0. The summed E-state index contributed by atoms with van der Waals surface area (Å²) in [5.41, 5.74) is 2.83. The maximum atomic E-state index is 12.9. The van der Waals surface area contributed by atoms with E-state index in [9.17, 15) is 18.0 Å². The Labute approximate surface area is 176 Å². The summed E-state index contributed by atoms with van der Waals surface area (Å²) in [4.78, 5) is 24.1. The second kappa shape index (κ2) is 10.2. The van der Waals surface area contributed by atoms with Crippen LogP contribution in [0.15, 0.2) is 47.4 Å². The predicted octanol–water partition coefficient (Wildman–Crippen LogP) is 2.36. The first-order chi connectivity index (χ1) is 14.1. The second-order valence-corrected chi connectivity index (χ2v) is 8.52. The highest BCUT2D eigenvalue weighted by molar-refractivity contribution is 7.89. The molecule has 30 heavy (non-hydrogen) atoms. The van der Waals surface area contributed by atoms with Crippen LogP contribution in [-0.4, -0.2) is 40.2 Å². The smallest absolute Gasteiger partial charge is 0.407 e. The predicted molar refractivity (Wildman–Crippen MR) is 111 cm³/mol. The van der Waals surface area contributed by atoms with Crippen molar-refractivity contribution in [2.45, 2.75) is 38.3 Å². The van der Waals surface area contributed by atoms with Crippen LogP contribution < -0.4 is 10.0 Å². The number of aryl methyl sites for hydroxylation is 3. The second-order valence-electron chi connectivity index (χ2n) is 6.87. The molecular formula is C21H26N2O6S. The molecule has 162 valence electrons. The number of esters is 1. The Bertz CT molecular complexity index is 982. The van der Waals surface area contributed by atoms with Crippen LogP contribution in [0.2, 0.25) is 0 Å². The number of hydrogen-bond donors (Lipinski definition) is 2. The largest absolute Gasteiger partial charge is 0.468 e. The lowest BCUT2D eigenvalue weighted by Gasteiger charge is -2.19. The number of methoxy groups -OCH3 is 1. The Balaban J connectivity index is 2.07. The summed E-state index contributed by atoms with van der Waals surface area (Å²) in [5.74, 6) is -0.829. The number of hydrogen-bond acceptors (Lipinski definition) is 6. The monoisotopic (exact) mass is 434 g/mol. The van der Waals surface area contributed by atoms with Gasteiger partial charge >= 0.3 is 12.1 Å². The molecule has 9 heteroatoms. The maximum Gasteiger partial charge on any atom is 0.407 e. The number of carbonyl (C=O) groups is 2. The highest BCUT2D eigenvalue weighted by Crippen LogP contribution is 2.22. The number of alkyl carbamates (subject to hydrolysis) is 1. The van der Waals surface area contributed by atoms with Crippen molar-refractivity contribution in [3.63, 3.8) is 0 Å². The van der Waals surface area contributed by atoms with Crippen molar-refractivity contribution >= 4 is 22.1 Å². The van der Waals surface area contributed by atoms with Crippen molar-refractivity contribution in [1.82, 2.24) is 10.0 Å². The highest BCUT2D eigenvalue weighted by Gasteiger charge is 2.29. The standard InChI is InChI=1S/C21H26N2O6S/c1-14-10-15(2)19(16(3)11-14)30(26,27)23-18(20(24)28-4)12-22-21(25)29-13-17-8-6-5-7-9-17/h5-11,18,23H,12-13H2,1-4H3,(H,22,25). The molecule has 0 heterocycles. The van der Waals surface area contributed by atoms with Gasteiger partial charge < -0.3 is 14.8 Å². The molecule has 0 aliphatic rings. The minimum atomic E-state index is -4.04. The molecule has 2 aromatic rings. The third kappa shape index (κ3) is 6.30. The highest BCUT2D eigenvalue weighted by atomic mass is 32.2. The van der Waals surface area contributed by atoms with Crippen molar-refractivity contribution in [2.24, 2.45) is 0 Å². The van der Waals surface area contributed by atoms with Gasteiger partial charge in [-0.15, -0.1) is 0 Å². The summed E-state index contributed by atoms with van der Waals surface area (Å²) < 4.78 is 37.9. The maximum absolute atomic E-state index is 12.9. The summed E-state index contributed by atoms with van der Waals surface area (Å²) in [7, 11) is -2.90. The molecule has 1 amide bonds. The Hall–Kier alpha value is -2.91. The molecule has 8 nitrogen and oxygen atoms in total. The van der Waals surface area contributed by atoms with E-state index in [4.69, 9.17) is 4.74 Å². The molecule has 0 fully saturated rings. The molecule has 0 aromatic heterocycles. The van der Waals surface area contributed by atoms with Crippen LogP contribution in [0.5, 0.6) is 0 Å². The fourth-order valence-corrected chi connectivity index (χ4v) is 4.75. The van der Waals surface area contributed by atoms with Gasteiger partial charge in [0.05, 0.1) is 12.0 Å². The van der Waals surface area contributed by atoms with Crippen LogP contribution in [0.1, 0.15) is 22.3 Å². The van der Waals surface area contributed by atoms with E-state index in [1.54, 1.807) is 38.1 Å². The van der Waals surface area contributed by atoms with E-state index in [1.165, 1.54) is 0 Å². The van der Waals surface area contributed by atoms with Gasteiger partial charge in [0.25, 0.3) is 0 Å². The van der Waals surface area contributed by atoms with E-state index >= 15 is 0 Å². The fourth-order valence-electron chi connectivity index (χ4n) is 3.11. The average Bonchev–Trinajstić information content (AvgIpc) is 2.68. The Morgan fingerprint density at radius 1 is 1.03 bits per heavy atom. The number of sulfonamides is 1. The van der Waals surface area contributed by atoms with Crippen molar-refractivity contribution in [3.05, 3.63) is 64.7 Å². The molecule has 0 spiro atoms. The first-order valence-corrected chi connectivity index (χ1v) is 10.7. The minimum absolute atomic E-state index is 0.0447. The fraction of sp³-hybridized carbons (Fsp3) is 0.333. The van der Waals surface area contributed by atoms with E-state index in [1.807, 2.05) is 25.1 Å². The molecule has 0 radical (unpaired) electrons. The Kier molecular flexibility index (Phi) is 7.96. The number of amides is 1. The van der Waals surface area contributed by atoms with Crippen molar-refractivity contribution < 1.29 is 27.5 Å². The average molecular weight is 435 g/mol. The normalized spacial score (nSPS) is 12.1. The van der Waals surface area contributed by atoms with Gasteiger partial charge in [0.15, 0.2) is 0 Å². The first-order valence-electron chi connectivity index (χ1n) is 9.26. The Morgan fingerprint density at radius 2 is 1.63 bits per heavy atom. The molecule has 0 aliphatic heterocycles. The van der Waals surface area contributed by atoms with Gasteiger partial charge in [0.1, 0.15) is 12.6 Å². The van der Waals surface area contributed by atoms with Crippen molar-refractivity contribution in [1.29, 1.82) is 0 Å². The van der Waals surface area contributed by atoms with Crippen LogP contribution in [-0.2, 0) is 30.9 Å². The van der Waals surface area contributed by atoms with E-state index in [0.29, 0.717) is 11.1 Å². The van der Waals surface area contributed by atoms with Gasteiger partial charge in [-0.2, -0.15) is 4.72 Å². The zero-order valence-electron chi connectivity index (χ0n) is 17.4. The zero-order valence-corrected chi connectivity index (χ0v) is 18.2. The third-order valence-corrected chi connectivity index (χ3v) is 6.10. The summed E-state index contributed by atoms with van der Waals surface area (Å²) in [6.45, 7) is 4.94. The minimum Gasteiger partial charge on any atom is -0.468 e. The van der Waals surface area contributed by atoms with Gasteiger partial charge in [0, 0.05) is 6.54 Å². The van der Waals surface area contributed by atoms with E-state index in [2.05, 4.69) is 14.8 Å². The molecule has 1 atom stereocenters. The van der Waals surface area contributed by atoms with Gasteiger partial charge in [-0.25, -0.2) is 13.2 Å². The number of benzene rings is 2. The lowest BCUT2D eigenvalue weighted by molar-refractivity contribution is -0.142. The van der Waals surface area contributed by atoms with Crippen LogP contribution in [0, 0.1) is 20.8 Å². The molecular weight excluding hydrogens is 408 g/mol. The van der Waals surface area contributed by atoms with Gasteiger partial charge in [-0.3, -0.25) is 4.79 Å². The topological polar surface area (TPSA) is 111 Å². The van der Waals surface area contributed by atoms with Crippen molar-refractivity contribution in [2.75, 3.05) is 13.7 Å². The van der Waals surface area contributed by atoms with Gasteiger partial charge in [-0.1, -0.05) is 48.0 Å². The third-order valence-electron chi connectivity index (χ3n) is 4.32. The number of ether oxygens (including phenoxy) is 2. The molecule has 1 unspecified atom stereocenters. The van der Waals surface area contributed by atoms with Crippen LogP contribution in [0.4, 0.5) is 4.79 Å². The number of nitrogens with one attached hydrogen (secondary N) is 2. The molecule has 0 saturated carbocycles. The van der Waals surface area contributed by atoms with Gasteiger partial charge in [0.2, 0.25) is 10.0 Å². The molecule has 0 aliphatic carbocycles.